The molecular weight excluding hydrogens is 342 g/mol. The molecule has 0 saturated carbocycles. The monoisotopic (exact) mass is 357 g/mol. The van der Waals surface area contributed by atoms with Crippen molar-refractivity contribution in [3.63, 3.8) is 0 Å². The first-order valence-corrected chi connectivity index (χ1v) is 9.04. The molecule has 1 N–H and O–H groups in total. The number of benzene rings is 1. The minimum Gasteiger partial charge on any atom is -0.496 e. The van der Waals surface area contributed by atoms with Gasteiger partial charge in [-0.25, -0.2) is 18.1 Å². The van der Waals surface area contributed by atoms with Crippen LogP contribution in [0.2, 0.25) is 0 Å². The van der Waals surface area contributed by atoms with Crippen molar-refractivity contribution in [2.45, 2.75) is 23.7 Å². The Balaban J connectivity index is 1.89. The second-order valence-electron chi connectivity index (χ2n) is 5.55. The smallest absolute Gasteiger partial charge is 0.266 e. The van der Waals surface area contributed by atoms with Crippen molar-refractivity contribution in [3.05, 3.63) is 53.3 Å². The van der Waals surface area contributed by atoms with Crippen molar-refractivity contribution >= 4 is 15.9 Å². The van der Waals surface area contributed by atoms with Gasteiger partial charge in [-0.2, -0.15) is 5.26 Å². The fourth-order valence-electron chi connectivity index (χ4n) is 3.03. The molecule has 0 aliphatic heterocycles. The Morgan fingerprint density at radius 2 is 2.16 bits per heavy atom. The van der Waals surface area contributed by atoms with E-state index in [1.165, 1.54) is 18.3 Å². The van der Waals surface area contributed by atoms with E-state index in [0.717, 1.165) is 11.1 Å². The molecule has 7 nitrogen and oxygen atoms in total. The number of nitrogens with one attached hydrogen (secondary N) is 1. The van der Waals surface area contributed by atoms with Crippen molar-refractivity contribution < 1.29 is 17.9 Å². The average molecular weight is 357 g/mol. The molecule has 1 aromatic heterocycles. The molecule has 0 saturated heterocycles. The molecule has 8 heteroatoms. The number of fused-ring (bicyclic) bond motifs is 1. The third kappa shape index (κ3) is 3.06. The van der Waals surface area contributed by atoms with Gasteiger partial charge in [0.1, 0.15) is 16.7 Å². The summed E-state index contributed by atoms with van der Waals surface area (Å²) in [5.74, 6) is -0.517. The van der Waals surface area contributed by atoms with E-state index in [1.54, 1.807) is 25.3 Å². The molecule has 1 aromatic carbocycles. The molecule has 0 fully saturated rings. The van der Waals surface area contributed by atoms with Gasteiger partial charge < -0.3 is 4.74 Å². The van der Waals surface area contributed by atoms with Crippen LogP contribution in [0, 0.1) is 11.3 Å². The van der Waals surface area contributed by atoms with Gasteiger partial charge in [-0.1, -0.05) is 12.1 Å². The molecule has 1 aliphatic rings. The van der Waals surface area contributed by atoms with E-state index in [0.29, 0.717) is 18.6 Å². The number of amides is 1. The van der Waals surface area contributed by atoms with Crippen LogP contribution in [0.3, 0.4) is 0 Å². The Bertz CT molecular complexity index is 980. The molecule has 0 radical (unpaired) electrons. The number of aromatic nitrogens is 1. The van der Waals surface area contributed by atoms with Crippen LogP contribution in [-0.2, 0) is 21.2 Å². The molecule has 1 amide bonds. The highest BCUT2D eigenvalue weighted by atomic mass is 32.2. The molecule has 0 bridgehead atoms. The lowest BCUT2D eigenvalue weighted by Crippen LogP contribution is -2.34. The van der Waals surface area contributed by atoms with Crippen LogP contribution in [0.1, 0.15) is 29.2 Å². The third-order valence-electron chi connectivity index (χ3n) is 4.17. The van der Waals surface area contributed by atoms with Crippen LogP contribution >= 0.6 is 0 Å². The molecule has 1 unspecified atom stereocenters. The summed E-state index contributed by atoms with van der Waals surface area (Å²) in [6, 6.07) is 9.74. The van der Waals surface area contributed by atoms with E-state index in [-0.39, 0.29) is 10.6 Å². The Morgan fingerprint density at radius 3 is 2.88 bits per heavy atom. The molecule has 1 atom stereocenters. The Morgan fingerprint density at radius 1 is 1.36 bits per heavy atom. The summed E-state index contributed by atoms with van der Waals surface area (Å²) in [5, 5.41) is 9.01. The summed E-state index contributed by atoms with van der Waals surface area (Å²) in [7, 11) is -2.62. The first kappa shape index (κ1) is 16.9. The lowest BCUT2D eigenvalue weighted by Gasteiger charge is -2.13. The largest absolute Gasteiger partial charge is 0.496 e. The minimum atomic E-state index is -4.17. The molecule has 1 heterocycles. The second kappa shape index (κ2) is 6.53. The van der Waals surface area contributed by atoms with Crippen molar-refractivity contribution in [2.75, 3.05) is 7.11 Å². The Kier molecular flexibility index (Phi) is 4.42. The van der Waals surface area contributed by atoms with Crippen LogP contribution in [-0.4, -0.2) is 26.4 Å². The zero-order valence-electron chi connectivity index (χ0n) is 13.4. The summed E-state index contributed by atoms with van der Waals surface area (Å²) in [6.45, 7) is 0. The van der Waals surface area contributed by atoms with Crippen LogP contribution in [0.4, 0.5) is 0 Å². The van der Waals surface area contributed by atoms with E-state index in [4.69, 9.17) is 10.00 Å². The number of methoxy groups -OCH3 is 1. The molecule has 3 rings (SSSR count). The SMILES string of the molecule is COc1cccc2c1CCC2C(=O)NS(=O)(=O)c1cccnc1C#N. The lowest BCUT2D eigenvalue weighted by molar-refractivity contribution is -0.120. The van der Waals surface area contributed by atoms with Gasteiger partial charge in [0, 0.05) is 6.20 Å². The van der Waals surface area contributed by atoms with Crippen LogP contribution in [0.25, 0.3) is 0 Å². The number of nitriles is 1. The predicted molar refractivity (Wildman–Crippen MR) is 88.3 cm³/mol. The van der Waals surface area contributed by atoms with Crippen molar-refractivity contribution in [3.8, 4) is 11.8 Å². The number of ether oxygens (including phenoxy) is 1. The number of pyridine rings is 1. The molecule has 2 aromatic rings. The van der Waals surface area contributed by atoms with Gasteiger partial charge in [0.2, 0.25) is 5.91 Å². The van der Waals surface area contributed by atoms with Gasteiger partial charge >= 0.3 is 0 Å². The summed E-state index contributed by atoms with van der Waals surface area (Å²) < 4.78 is 32.3. The van der Waals surface area contributed by atoms with Gasteiger partial charge in [-0.3, -0.25) is 4.79 Å². The van der Waals surface area contributed by atoms with Gasteiger partial charge in [0.25, 0.3) is 10.0 Å². The van der Waals surface area contributed by atoms with E-state index in [2.05, 4.69) is 9.71 Å². The van der Waals surface area contributed by atoms with Crippen LogP contribution in [0.15, 0.2) is 41.4 Å². The maximum Gasteiger partial charge on any atom is 0.266 e. The number of nitrogens with zero attached hydrogens (tertiary/aromatic N) is 2. The van der Waals surface area contributed by atoms with Crippen molar-refractivity contribution in [1.29, 1.82) is 5.26 Å². The number of rotatable bonds is 4. The van der Waals surface area contributed by atoms with E-state index in [9.17, 15) is 13.2 Å². The van der Waals surface area contributed by atoms with E-state index in [1.807, 2.05) is 6.07 Å². The normalized spacial score (nSPS) is 15.9. The van der Waals surface area contributed by atoms with Crippen molar-refractivity contribution in [2.24, 2.45) is 0 Å². The molecule has 25 heavy (non-hydrogen) atoms. The lowest BCUT2D eigenvalue weighted by atomic mass is 10.0. The highest BCUT2D eigenvalue weighted by molar-refractivity contribution is 7.90. The third-order valence-corrected chi connectivity index (χ3v) is 5.54. The predicted octanol–water partition coefficient (Wildman–Crippen LogP) is 1.50. The highest BCUT2D eigenvalue weighted by Crippen LogP contribution is 2.38. The number of sulfonamides is 1. The fraction of sp³-hybridized carbons (Fsp3) is 0.235. The standard InChI is InChI=1S/C17H15N3O4S/c1-24-15-5-2-4-11-12(15)7-8-13(11)17(21)20-25(22,23)16-6-3-9-19-14(16)10-18/h2-6,9,13H,7-8H2,1H3,(H,20,21). The van der Waals surface area contributed by atoms with Gasteiger partial charge in [0.05, 0.1) is 13.0 Å². The number of carbonyl (C=O) groups is 1. The molecular formula is C17H15N3O4S. The first-order chi connectivity index (χ1) is 12.0. The Labute approximate surface area is 145 Å². The van der Waals surface area contributed by atoms with Crippen LogP contribution in [0.5, 0.6) is 5.75 Å². The molecule has 1 aliphatic carbocycles. The van der Waals surface area contributed by atoms with E-state index < -0.39 is 21.8 Å². The summed E-state index contributed by atoms with van der Waals surface area (Å²) in [6.07, 6.45) is 2.45. The zero-order valence-corrected chi connectivity index (χ0v) is 14.2. The Hall–Kier alpha value is -2.92. The van der Waals surface area contributed by atoms with E-state index >= 15 is 0 Å². The van der Waals surface area contributed by atoms with Crippen LogP contribution < -0.4 is 9.46 Å². The molecule has 128 valence electrons. The number of hydrogen-bond donors (Lipinski definition) is 1. The summed E-state index contributed by atoms with van der Waals surface area (Å²) >= 11 is 0. The van der Waals surface area contributed by atoms with Gasteiger partial charge in [0.15, 0.2) is 5.69 Å². The van der Waals surface area contributed by atoms with Gasteiger partial charge in [-0.05, 0) is 42.2 Å². The minimum absolute atomic E-state index is 0.253. The average Bonchev–Trinajstić information content (AvgIpc) is 3.05. The first-order valence-electron chi connectivity index (χ1n) is 7.55. The fourth-order valence-corrected chi connectivity index (χ4v) is 4.16. The molecule has 0 spiro atoms. The maximum atomic E-state index is 12.6. The zero-order chi connectivity index (χ0) is 18.0. The second-order valence-corrected chi connectivity index (χ2v) is 7.20. The topological polar surface area (TPSA) is 109 Å². The summed E-state index contributed by atoms with van der Waals surface area (Å²) in [5.41, 5.74) is 1.43. The highest BCUT2D eigenvalue weighted by Gasteiger charge is 2.33. The number of carbonyl (C=O) groups excluding carboxylic acids is 1. The van der Waals surface area contributed by atoms with Crippen molar-refractivity contribution in [1.82, 2.24) is 9.71 Å². The quantitative estimate of drug-likeness (QED) is 0.888. The van der Waals surface area contributed by atoms with Gasteiger partial charge in [-0.15, -0.1) is 0 Å². The summed E-state index contributed by atoms with van der Waals surface area (Å²) in [4.78, 5) is 16.0. The number of hydrogen-bond acceptors (Lipinski definition) is 6. The maximum absolute atomic E-state index is 12.6.